The number of amides is 1. The Morgan fingerprint density at radius 3 is 3.00 bits per heavy atom. The molecular formula is C20H24N4O3. The number of carbonyl (C=O) groups excluding carboxylic acids is 1. The van der Waals surface area contributed by atoms with E-state index in [1.807, 2.05) is 38.2 Å². The van der Waals surface area contributed by atoms with Gasteiger partial charge in [-0.15, -0.1) is 0 Å². The fourth-order valence-corrected chi connectivity index (χ4v) is 3.71. The van der Waals surface area contributed by atoms with Crippen LogP contribution in [0.15, 0.2) is 35.0 Å². The molecule has 27 heavy (non-hydrogen) atoms. The van der Waals surface area contributed by atoms with Crippen molar-refractivity contribution < 1.29 is 14.4 Å². The van der Waals surface area contributed by atoms with Gasteiger partial charge >= 0.3 is 0 Å². The minimum Gasteiger partial charge on any atom is -0.390 e. The number of aromatic amines is 1. The number of piperidine rings is 1. The number of carbonyl (C=O) groups is 1. The van der Waals surface area contributed by atoms with Crippen molar-refractivity contribution in [1.29, 1.82) is 0 Å². The van der Waals surface area contributed by atoms with Crippen LogP contribution in [0.1, 0.15) is 33.8 Å². The number of β-amino-alcohol motifs (C(OH)–C–C–N with tert-alkyl or cyclic N) is 1. The van der Waals surface area contributed by atoms with Gasteiger partial charge in [-0.3, -0.25) is 9.69 Å². The zero-order valence-electron chi connectivity index (χ0n) is 15.5. The zero-order chi connectivity index (χ0) is 19.0. The van der Waals surface area contributed by atoms with Crippen LogP contribution in [0, 0.1) is 13.8 Å². The summed E-state index contributed by atoms with van der Waals surface area (Å²) in [6.07, 6.45) is 1.94. The van der Waals surface area contributed by atoms with Crippen LogP contribution in [0.25, 0.3) is 10.9 Å². The smallest absolute Gasteiger partial charge is 0.251 e. The highest BCUT2D eigenvalue weighted by Crippen LogP contribution is 2.20. The molecular weight excluding hydrogens is 344 g/mol. The van der Waals surface area contributed by atoms with E-state index in [2.05, 4.69) is 20.4 Å². The van der Waals surface area contributed by atoms with E-state index in [0.717, 1.165) is 34.5 Å². The van der Waals surface area contributed by atoms with Gasteiger partial charge in [-0.1, -0.05) is 5.16 Å². The van der Waals surface area contributed by atoms with Gasteiger partial charge in [0.2, 0.25) is 0 Å². The van der Waals surface area contributed by atoms with E-state index in [1.165, 1.54) is 0 Å². The second-order valence-corrected chi connectivity index (χ2v) is 7.25. The standard InChI is InChI=1S/C20H24N4O3/c1-12-16(13(2)27-23-12)10-24-8-6-18(19(25)11-24)22-20(26)15-3-4-17-14(9-15)5-7-21-17/h3-5,7,9,18-19,21,25H,6,8,10-11H2,1-2H3,(H,22,26)/t18-,19-/m1/s1. The summed E-state index contributed by atoms with van der Waals surface area (Å²) in [7, 11) is 0. The van der Waals surface area contributed by atoms with Crippen LogP contribution in [0.3, 0.4) is 0 Å². The lowest BCUT2D eigenvalue weighted by molar-refractivity contribution is 0.0347. The fraction of sp³-hybridized carbons (Fsp3) is 0.400. The Morgan fingerprint density at radius 2 is 2.26 bits per heavy atom. The first-order chi connectivity index (χ1) is 13.0. The average Bonchev–Trinajstić information content (AvgIpc) is 3.25. The molecule has 3 aromatic rings. The number of aryl methyl sites for hydroxylation is 2. The zero-order valence-corrected chi connectivity index (χ0v) is 15.5. The maximum Gasteiger partial charge on any atom is 0.251 e. The van der Waals surface area contributed by atoms with Crippen LogP contribution in [-0.2, 0) is 6.54 Å². The summed E-state index contributed by atoms with van der Waals surface area (Å²) in [5.41, 5.74) is 3.56. The minimum absolute atomic E-state index is 0.152. The summed E-state index contributed by atoms with van der Waals surface area (Å²) in [6, 6.07) is 7.24. The number of hydrogen-bond acceptors (Lipinski definition) is 5. The highest BCUT2D eigenvalue weighted by Gasteiger charge is 2.30. The number of aromatic nitrogens is 2. The third-order valence-electron chi connectivity index (χ3n) is 5.36. The van der Waals surface area contributed by atoms with Gasteiger partial charge in [0.25, 0.3) is 5.91 Å². The van der Waals surface area contributed by atoms with Crippen molar-refractivity contribution in [3.05, 3.63) is 53.0 Å². The Labute approximate surface area is 157 Å². The summed E-state index contributed by atoms with van der Waals surface area (Å²) < 4.78 is 5.21. The third-order valence-corrected chi connectivity index (χ3v) is 5.36. The number of rotatable bonds is 4. The van der Waals surface area contributed by atoms with Gasteiger partial charge in [0.1, 0.15) is 5.76 Å². The average molecular weight is 368 g/mol. The van der Waals surface area contributed by atoms with E-state index >= 15 is 0 Å². The quantitative estimate of drug-likeness (QED) is 0.656. The van der Waals surface area contributed by atoms with E-state index in [4.69, 9.17) is 4.52 Å². The van der Waals surface area contributed by atoms with Gasteiger partial charge in [0, 0.05) is 47.9 Å². The van der Waals surface area contributed by atoms with Crippen LogP contribution in [0.5, 0.6) is 0 Å². The number of benzene rings is 1. The molecule has 1 saturated heterocycles. The van der Waals surface area contributed by atoms with E-state index < -0.39 is 6.10 Å². The lowest BCUT2D eigenvalue weighted by atomic mass is 10.00. The molecule has 0 aliphatic carbocycles. The molecule has 142 valence electrons. The summed E-state index contributed by atoms with van der Waals surface area (Å²) in [5, 5.41) is 18.5. The molecule has 0 spiro atoms. The SMILES string of the molecule is Cc1noc(C)c1CN1CC[C@@H](NC(=O)c2ccc3[nH]ccc3c2)[C@H](O)C1. The van der Waals surface area contributed by atoms with Crippen LogP contribution < -0.4 is 5.32 Å². The lowest BCUT2D eigenvalue weighted by Crippen LogP contribution is -2.53. The van der Waals surface area contributed by atoms with Crippen molar-refractivity contribution in [2.75, 3.05) is 13.1 Å². The highest BCUT2D eigenvalue weighted by atomic mass is 16.5. The van der Waals surface area contributed by atoms with Crippen molar-refractivity contribution in [2.45, 2.75) is 39.0 Å². The van der Waals surface area contributed by atoms with Gasteiger partial charge in [-0.2, -0.15) is 0 Å². The molecule has 0 unspecified atom stereocenters. The largest absolute Gasteiger partial charge is 0.390 e. The molecule has 2 aromatic heterocycles. The Hall–Kier alpha value is -2.64. The first-order valence-electron chi connectivity index (χ1n) is 9.21. The molecule has 4 rings (SSSR count). The Bertz CT molecular complexity index is 942. The maximum atomic E-state index is 12.6. The summed E-state index contributed by atoms with van der Waals surface area (Å²) in [4.78, 5) is 17.9. The fourth-order valence-electron chi connectivity index (χ4n) is 3.71. The number of H-pyrrole nitrogens is 1. The van der Waals surface area contributed by atoms with Crippen LogP contribution in [0.2, 0.25) is 0 Å². The first kappa shape index (κ1) is 17.8. The van der Waals surface area contributed by atoms with Crippen molar-refractivity contribution in [3.8, 4) is 0 Å². The third kappa shape index (κ3) is 3.61. The number of nitrogens with zero attached hydrogens (tertiary/aromatic N) is 2. The van der Waals surface area contributed by atoms with Crippen molar-refractivity contribution in [2.24, 2.45) is 0 Å². The number of nitrogens with one attached hydrogen (secondary N) is 2. The molecule has 1 aromatic carbocycles. The van der Waals surface area contributed by atoms with E-state index in [9.17, 15) is 9.90 Å². The normalized spacial score (nSPS) is 20.9. The van der Waals surface area contributed by atoms with Gasteiger partial charge in [-0.25, -0.2) is 0 Å². The maximum absolute atomic E-state index is 12.6. The van der Waals surface area contributed by atoms with Gasteiger partial charge < -0.3 is 19.9 Å². The molecule has 0 saturated carbocycles. The summed E-state index contributed by atoms with van der Waals surface area (Å²) in [6.45, 7) is 5.83. The predicted octanol–water partition coefficient (Wildman–Crippen LogP) is 2.14. The number of fused-ring (bicyclic) bond motifs is 1. The Morgan fingerprint density at radius 1 is 1.41 bits per heavy atom. The molecule has 0 radical (unpaired) electrons. The molecule has 1 aliphatic rings. The monoisotopic (exact) mass is 368 g/mol. The van der Waals surface area contributed by atoms with Gasteiger partial charge in [0.05, 0.1) is 17.8 Å². The molecule has 3 heterocycles. The Kier molecular flexibility index (Phi) is 4.72. The molecule has 1 amide bonds. The topological polar surface area (TPSA) is 94.4 Å². The molecule has 3 N–H and O–H groups in total. The van der Waals surface area contributed by atoms with Crippen LogP contribution in [0.4, 0.5) is 0 Å². The molecule has 1 fully saturated rings. The Balaban J connectivity index is 1.37. The number of aliphatic hydroxyl groups excluding tert-OH is 1. The second-order valence-electron chi connectivity index (χ2n) is 7.25. The van der Waals surface area contributed by atoms with E-state index in [0.29, 0.717) is 25.1 Å². The molecule has 7 heteroatoms. The number of hydrogen-bond donors (Lipinski definition) is 3. The van der Waals surface area contributed by atoms with E-state index in [-0.39, 0.29) is 11.9 Å². The molecule has 2 atom stereocenters. The number of aliphatic hydroxyl groups is 1. The molecule has 7 nitrogen and oxygen atoms in total. The summed E-state index contributed by atoms with van der Waals surface area (Å²) in [5.74, 6) is 0.666. The molecule has 0 bridgehead atoms. The highest BCUT2D eigenvalue weighted by molar-refractivity contribution is 5.98. The number of likely N-dealkylation sites (tertiary alicyclic amines) is 1. The van der Waals surface area contributed by atoms with Crippen molar-refractivity contribution in [1.82, 2.24) is 20.4 Å². The lowest BCUT2D eigenvalue weighted by Gasteiger charge is -2.36. The second kappa shape index (κ2) is 7.17. The van der Waals surface area contributed by atoms with Gasteiger partial charge in [0.15, 0.2) is 0 Å². The minimum atomic E-state index is -0.612. The predicted molar refractivity (Wildman–Crippen MR) is 101 cm³/mol. The summed E-state index contributed by atoms with van der Waals surface area (Å²) >= 11 is 0. The van der Waals surface area contributed by atoms with Gasteiger partial charge in [-0.05, 0) is 44.5 Å². The van der Waals surface area contributed by atoms with E-state index in [1.54, 1.807) is 6.07 Å². The van der Waals surface area contributed by atoms with Crippen molar-refractivity contribution >= 4 is 16.8 Å². The van der Waals surface area contributed by atoms with Crippen LogP contribution in [-0.4, -0.2) is 51.3 Å². The van der Waals surface area contributed by atoms with Crippen molar-refractivity contribution in [3.63, 3.8) is 0 Å². The van der Waals surface area contributed by atoms with Crippen LogP contribution >= 0.6 is 0 Å². The molecule has 1 aliphatic heterocycles. The first-order valence-corrected chi connectivity index (χ1v) is 9.21.